The Morgan fingerprint density at radius 2 is 2.00 bits per heavy atom. The van der Waals surface area contributed by atoms with Crippen molar-refractivity contribution in [2.75, 3.05) is 5.32 Å². The van der Waals surface area contributed by atoms with E-state index in [4.69, 9.17) is 11.6 Å². The van der Waals surface area contributed by atoms with Crippen molar-refractivity contribution >= 4 is 17.3 Å². The largest absolute Gasteiger partial charge is 0.378 e. The van der Waals surface area contributed by atoms with Crippen molar-refractivity contribution < 1.29 is 0 Å². The molecule has 1 heterocycles. The van der Waals surface area contributed by atoms with Gasteiger partial charge in [0.1, 0.15) is 0 Å². The summed E-state index contributed by atoms with van der Waals surface area (Å²) < 4.78 is 2.21. The molecule has 0 saturated heterocycles. The molecule has 0 unspecified atom stereocenters. The number of nitrogens with zero attached hydrogens (tertiary/aromatic N) is 1. The van der Waals surface area contributed by atoms with Crippen LogP contribution in [0.1, 0.15) is 12.6 Å². The van der Waals surface area contributed by atoms with Crippen molar-refractivity contribution in [3.05, 3.63) is 53.3 Å². The summed E-state index contributed by atoms with van der Waals surface area (Å²) in [7, 11) is 0. The Kier molecular flexibility index (Phi) is 3.52. The quantitative estimate of drug-likeness (QED) is 0.852. The van der Waals surface area contributed by atoms with Gasteiger partial charge in [-0.05, 0) is 31.2 Å². The van der Waals surface area contributed by atoms with Gasteiger partial charge < -0.3 is 9.88 Å². The molecule has 0 aliphatic rings. The van der Waals surface area contributed by atoms with Crippen LogP contribution in [0.15, 0.2) is 42.6 Å². The van der Waals surface area contributed by atoms with Crippen LogP contribution in [0.3, 0.4) is 0 Å². The SMILES string of the molecule is CCn1cccc1CNc1ccccc1Cl. The van der Waals surface area contributed by atoms with Crippen LogP contribution in [0.2, 0.25) is 5.02 Å². The number of aryl methyl sites for hydroxylation is 1. The van der Waals surface area contributed by atoms with E-state index >= 15 is 0 Å². The molecule has 0 saturated carbocycles. The Morgan fingerprint density at radius 3 is 2.75 bits per heavy atom. The summed E-state index contributed by atoms with van der Waals surface area (Å²) in [4.78, 5) is 0. The first kappa shape index (κ1) is 11.1. The number of hydrogen-bond donors (Lipinski definition) is 1. The first-order chi connectivity index (χ1) is 7.81. The van der Waals surface area contributed by atoms with Crippen LogP contribution in [-0.4, -0.2) is 4.57 Å². The third kappa shape index (κ3) is 2.39. The minimum Gasteiger partial charge on any atom is -0.378 e. The molecule has 0 bridgehead atoms. The van der Waals surface area contributed by atoms with Crippen LogP contribution in [0.5, 0.6) is 0 Å². The van der Waals surface area contributed by atoms with Gasteiger partial charge in [0.25, 0.3) is 0 Å². The zero-order valence-corrected chi connectivity index (χ0v) is 10.0. The molecule has 0 atom stereocenters. The molecule has 2 nitrogen and oxygen atoms in total. The molecular formula is C13H15ClN2. The van der Waals surface area contributed by atoms with Crippen LogP contribution in [-0.2, 0) is 13.1 Å². The van der Waals surface area contributed by atoms with Gasteiger partial charge >= 0.3 is 0 Å². The van der Waals surface area contributed by atoms with Gasteiger partial charge in [-0.3, -0.25) is 0 Å². The molecule has 2 aromatic rings. The first-order valence-electron chi connectivity index (χ1n) is 5.43. The molecule has 3 heteroatoms. The van der Waals surface area contributed by atoms with Gasteiger partial charge in [-0.1, -0.05) is 23.7 Å². The molecule has 16 heavy (non-hydrogen) atoms. The molecule has 1 N–H and O–H groups in total. The molecule has 0 aliphatic heterocycles. The number of hydrogen-bond acceptors (Lipinski definition) is 1. The third-order valence-corrected chi connectivity index (χ3v) is 2.93. The Hall–Kier alpha value is -1.41. The fraction of sp³-hybridized carbons (Fsp3) is 0.231. The lowest BCUT2D eigenvalue weighted by Gasteiger charge is -2.10. The van der Waals surface area contributed by atoms with Gasteiger partial charge in [-0.2, -0.15) is 0 Å². The lowest BCUT2D eigenvalue weighted by Crippen LogP contribution is -2.06. The Balaban J connectivity index is 2.05. The zero-order valence-electron chi connectivity index (χ0n) is 9.28. The van der Waals surface area contributed by atoms with Crippen LogP contribution >= 0.6 is 11.6 Å². The third-order valence-electron chi connectivity index (χ3n) is 2.60. The summed E-state index contributed by atoms with van der Waals surface area (Å²) in [5, 5.41) is 4.10. The fourth-order valence-corrected chi connectivity index (χ4v) is 1.91. The molecule has 1 aromatic carbocycles. The Labute approximate surface area is 101 Å². The predicted octanol–water partition coefficient (Wildman–Crippen LogP) is 3.77. The van der Waals surface area contributed by atoms with E-state index in [-0.39, 0.29) is 0 Å². The van der Waals surface area contributed by atoms with E-state index < -0.39 is 0 Å². The summed E-state index contributed by atoms with van der Waals surface area (Å²) in [6, 6.07) is 12.0. The summed E-state index contributed by atoms with van der Waals surface area (Å²) in [5.74, 6) is 0. The van der Waals surface area contributed by atoms with Crippen LogP contribution < -0.4 is 5.32 Å². The molecule has 0 amide bonds. The van der Waals surface area contributed by atoms with Crippen molar-refractivity contribution in [3.63, 3.8) is 0 Å². The average molecular weight is 235 g/mol. The molecule has 0 radical (unpaired) electrons. The van der Waals surface area contributed by atoms with Gasteiger partial charge in [-0.15, -0.1) is 0 Å². The number of benzene rings is 1. The molecule has 0 fully saturated rings. The van der Waals surface area contributed by atoms with E-state index in [1.807, 2.05) is 24.3 Å². The Bertz CT molecular complexity index is 462. The van der Waals surface area contributed by atoms with Gasteiger partial charge in [-0.25, -0.2) is 0 Å². The lowest BCUT2D eigenvalue weighted by atomic mass is 10.3. The maximum atomic E-state index is 6.07. The number of aromatic nitrogens is 1. The summed E-state index contributed by atoms with van der Waals surface area (Å²) in [5.41, 5.74) is 2.25. The highest BCUT2D eigenvalue weighted by atomic mass is 35.5. The monoisotopic (exact) mass is 234 g/mol. The highest BCUT2D eigenvalue weighted by Gasteiger charge is 2.01. The van der Waals surface area contributed by atoms with E-state index in [2.05, 4.69) is 35.1 Å². The number of anilines is 1. The van der Waals surface area contributed by atoms with E-state index in [0.717, 1.165) is 23.8 Å². The minimum absolute atomic E-state index is 0.761. The van der Waals surface area contributed by atoms with E-state index in [9.17, 15) is 0 Å². The van der Waals surface area contributed by atoms with E-state index in [1.165, 1.54) is 5.69 Å². The number of halogens is 1. The molecule has 0 aliphatic carbocycles. The number of para-hydroxylation sites is 1. The maximum Gasteiger partial charge on any atom is 0.0637 e. The van der Waals surface area contributed by atoms with Crippen LogP contribution in [0, 0.1) is 0 Å². The summed E-state index contributed by atoms with van der Waals surface area (Å²) in [6.07, 6.45) is 2.09. The molecule has 2 rings (SSSR count). The summed E-state index contributed by atoms with van der Waals surface area (Å²) >= 11 is 6.07. The summed E-state index contributed by atoms with van der Waals surface area (Å²) in [6.45, 7) is 3.93. The van der Waals surface area contributed by atoms with Gasteiger partial charge in [0.2, 0.25) is 0 Å². The van der Waals surface area contributed by atoms with E-state index in [1.54, 1.807) is 0 Å². The van der Waals surface area contributed by atoms with Crippen molar-refractivity contribution in [1.82, 2.24) is 4.57 Å². The van der Waals surface area contributed by atoms with Crippen molar-refractivity contribution in [2.24, 2.45) is 0 Å². The molecule has 0 spiro atoms. The normalized spacial score (nSPS) is 10.4. The molecule has 1 aromatic heterocycles. The molecule has 84 valence electrons. The van der Waals surface area contributed by atoms with Gasteiger partial charge in [0.05, 0.1) is 17.3 Å². The lowest BCUT2D eigenvalue weighted by molar-refractivity contribution is 0.724. The fourth-order valence-electron chi connectivity index (χ4n) is 1.71. The zero-order chi connectivity index (χ0) is 11.4. The predicted molar refractivity (Wildman–Crippen MR) is 68.9 cm³/mol. The van der Waals surface area contributed by atoms with Gasteiger partial charge in [0.15, 0.2) is 0 Å². The van der Waals surface area contributed by atoms with E-state index in [0.29, 0.717) is 0 Å². The van der Waals surface area contributed by atoms with Gasteiger partial charge in [0, 0.05) is 18.4 Å². The number of nitrogens with one attached hydrogen (secondary N) is 1. The highest BCUT2D eigenvalue weighted by molar-refractivity contribution is 6.33. The molecular weight excluding hydrogens is 220 g/mol. The second-order valence-corrected chi connectivity index (χ2v) is 4.03. The van der Waals surface area contributed by atoms with Crippen LogP contribution in [0.4, 0.5) is 5.69 Å². The first-order valence-corrected chi connectivity index (χ1v) is 5.81. The average Bonchev–Trinajstić information content (AvgIpc) is 2.75. The minimum atomic E-state index is 0.761. The maximum absolute atomic E-state index is 6.07. The standard InChI is InChI=1S/C13H15ClN2/c1-2-16-9-5-6-11(16)10-15-13-8-4-3-7-12(13)14/h3-9,15H,2,10H2,1H3. The van der Waals surface area contributed by atoms with Crippen molar-refractivity contribution in [1.29, 1.82) is 0 Å². The van der Waals surface area contributed by atoms with Crippen molar-refractivity contribution in [3.8, 4) is 0 Å². The van der Waals surface area contributed by atoms with Crippen LogP contribution in [0.25, 0.3) is 0 Å². The smallest absolute Gasteiger partial charge is 0.0637 e. The number of rotatable bonds is 4. The Morgan fingerprint density at radius 1 is 1.19 bits per heavy atom. The second-order valence-electron chi connectivity index (χ2n) is 3.62. The van der Waals surface area contributed by atoms with Crippen molar-refractivity contribution in [2.45, 2.75) is 20.0 Å². The topological polar surface area (TPSA) is 17.0 Å². The highest BCUT2D eigenvalue weighted by Crippen LogP contribution is 2.21. The second kappa shape index (κ2) is 5.08.